The van der Waals surface area contributed by atoms with E-state index in [2.05, 4.69) is 185 Å². The summed E-state index contributed by atoms with van der Waals surface area (Å²) in [5, 5.41) is 6.99. The number of anilines is 3. The molecule has 0 aliphatic rings. The SMILES string of the molecule is c1ccc(-c2cccc(N(c3c(-n4c5ccccc5c5ccccc54)ccc4ccccc34)c3cccc4c3oc3ccccc34)c2)cc1. The van der Waals surface area contributed by atoms with Crippen molar-refractivity contribution in [3.8, 4) is 16.8 Å². The summed E-state index contributed by atoms with van der Waals surface area (Å²) < 4.78 is 9.19. The van der Waals surface area contributed by atoms with E-state index >= 15 is 0 Å². The first-order valence-corrected chi connectivity index (χ1v) is 16.7. The molecule has 0 fully saturated rings. The molecule has 0 unspecified atom stereocenters. The predicted octanol–water partition coefficient (Wildman–Crippen LogP) is 13.0. The number of nitrogens with zero attached hydrogens (tertiary/aromatic N) is 2. The Labute approximate surface area is 283 Å². The van der Waals surface area contributed by atoms with Gasteiger partial charge in [-0.25, -0.2) is 0 Å². The van der Waals surface area contributed by atoms with Crippen LogP contribution in [0.25, 0.3) is 71.3 Å². The third kappa shape index (κ3) is 4.29. The van der Waals surface area contributed by atoms with Crippen LogP contribution in [0.1, 0.15) is 0 Å². The summed E-state index contributed by atoms with van der Waals surface area (Å²) in [7, 11) is 0. The van der Waals surface area contributed by atoms with Crippen molar-refractivity contribution in [1.82, 2.24) is 4.57 Å². The van der Waals surface area contributed by atoms with Gasteiger partial charge in [0.2, 0.25) is 0 Å². The van der Waals surface area contributed by atoms with Crippen molar-refractivity contribution >= 4 is 71.6 Å². The van der Waals surface area contributed by atoms with E-state index in [4.69, 9.17) is 4.42 Å². The molecule has 0 N–H and O–H groups in total. The molecule has 2 aromatic heterocycles. The van der Waals surface area contributed by atoms with Gasteiger partial charge in [-0.2, -0.15) is 0 Å². The monoisotopic (exact) mass is 626 g/mol. The fourth-order valence-corrected chi connectivity index (χ4v) is 7.59. The number of hydrogen-bond acceptors (Lipinski definition) is 2. The van der Waals surface area contributed by atoms with E-state index in [0.29, 0.717) is 0 Å². The summed E-state index contributed by atoms with van der Waals surface area (Å²) in [6.07, 6.45) is 0. The van der Waals surface area contributed by atoms with Gasteiger partial charge in [-0.3, -0.25) is 0 Å². The van der Waals surface area contributed by atoms with Gasteiger partial charge in [0, 0.05) is 32.6 Å². The molecule has 230 valence electrons. The van der Waals surface area contributed by atoms with Crippen LogP contribution in [0.15, 0.2) is 186 Å². The maximum Gasteiger partial charge on any atom is 0.159 e. The van der Waals surface area contributed by atoms with Gasteiger partial charge in [-0.15, -0.1) is 0 Å². The minimum Gasteiger partial charge on any atom is -0.454 e. The average molecular weight is 627 g/mol. The van der Waals surface area contributed by atoms with Crippen molar-refractivity contribution in [1.29, 1.82) is 0 Å². The number of benzene rings is 8. The molecule has 3 nitrogen and oxygen atoms in total. The van der Waals surface area contributed by atoms with Gasteiger partial charge in [0.15, 0.2) is 5.58 Å². The smallest absolute Gasteiger partial charge is 0.159 e. The number of aromatic nitrogens is 1. The second-order valence-electron chi connectivity index (χ2n) is 12.5. The lowest BCUT2D eigenvalue weighted by atomic mass is 10.0. The van der Waals surface area contributed by atoms with Gasteiger partial charge in [-0.1, -0.05) is 140 Å². The van der Waals surface area contributed by atoms with Crippen LogP contribution in [0.3, 0.4) is 0 Å². The highest BCUT2D eigenvalue weighted by Crippen LogP contribution is 2.48. The first-order chi connectivity index (χ1) is 24.3. The quantitative estimate of drug-likeness (QED) is 0.190. The van der Waals surface area contributed by atoms with Gasteiger partial charge in [-0.05, 0) is 59.0 Å². The molecule has 10 rings (SSSR count). The zero-order chi connectivity index (χ0) is 32.3. The van der Waals surface area contributed by atoms with Crippen LogP contribution in [-0.2, 0) is 0 Å². The van der Waals surface area contributed by atoms with Gasteiger partial charge in [0.05, 0.1) is 28.1 Å². The lowest BCUT2D eigenvalue weighted by Gasteiger charge is -2.30. The second kappa shape index (κ2) is 11.0. The second-order valence-corrected chi connectivity index (χ2v) is 12.5. The van der Waals surface area contributed by atoms with Crippen LogP contribution >= 0.6 is 0 Å². The summed E-state index contributed by atoms with van der Waals surface area (Å²) in [6, 6.07) is 65.0. The molecule has 3 heteroatoms. The topological polar surface area (TPSA) is 21.3 Å². The minimum atomic E-state index is 0.856. The Morgan fingerprint density at radius 3 is 1.84 bits per heavy atom. The standard InChI is InChI=1S/C46H30N2O/c1-2-14-31(15-3-1)33-17-12-18-34(30-33)47(43-26-13-23-39-38-22-8-11-27-44(38)49-46(39)43)45-35-19-5-4-16-32(35)28-29-42(45)48-40-24-9-6-20-36(40)37-21-7-10-25-41(37)48/h1-30H. The fourth-order valence-electron chi connectivity index (χ4n) is 7.59. The number of hydrogen-bond donors (Lipinski definition) is 0. The van der Waals surface area contributed by atoms with Crippen molar-refractivity contribution in [2.24, 2.45) is 0 Å². The van der Waals surface area contributed by atoms with E-state index < -0.39 is 0 Å². The van der Waals surface area contributed by atoms with E-state index in [1.54, 1.807) is 0 Å². The number of furan rings is 1. The van der Waals surface area contributed by atoms with Crippen LogP contribution in [-0.4, -0.2) is 4.57 Å². The van der Waals surface area contributed by atoms with Crippen molar-refractivity contribution in [3.63, 3.8) is 0 Å². The fraction of sp³-hybridized carbons (Fsp3) is 0. The highest BCUT2D eigenvalue weighted by atomic mass is 16.3. The Bertz CT molecular complexity index is 2790. The van der Waals surface area contributed by atoms with Crippen molar-refractivity contribution in [2.45, 2.75) is 0 Å². The minimum absolute atomic E-state index is 0.856. The molecule has 0 radical (unpaired) electrons. The largest absolute Gasteiger partial charge is 0.454 e. The molecule has 2 heterocycles. The van der Waals surface area contributed by atoms with Gasteiger partial charge >= 0.3 is 0 Å². The van der Waals surface area contributed by atoms with E-state index in [1.807, 2.05) is 6.07 Å². The van der Waals surface area contributed by atoms with Crippen LogP contribution in [0, 0.1) is 0 Å². The maximum atomic E-state index is 6.76. The molecule has 0 aliphatic carbocycles. The Balaban J connectivity index is 1.36. The summed E-state index contributed by atoms with van der Waals surface area (Å²) in [4.78, 5) is 2.42. The highest BCUT2D eigenvalue weighted by Gasteiger charge is 2.26. The molecule has 0 amide bonds. The molecule has 8 aromatic carbocycles. The predicted molar refractivity (Wildman–Crippen MR) is 206 cm³/mol. The Hall–Kier alpha value is -6.58. The van der Waals surface area contributed by atoms with Crippen LogP contribution in [0.2, 0.25) is 0 Å². The Morgan fingerprint density at radius 2 is 1.04 bits per heavy atom. The Kier molecular flexibility index (Phi) is 6.18. The van der Waals surface area contributed by atoms with Gasteiger partial charge < -0.3 is 13.9 Å². The molecule has 0 atom stereocenters. The summed E-state index contributed by atoms with van der Waals surface area (Å²) in [5.41, 5.74) is 10.6. The third-order valence-electron chi connectivity index (χ3n) is 9.76. The first-order valence-electron chi connectivity index (χ1n) is 16.7. The molecule has 49 heavy (non-hydrogen) atoms. The lowest BCUT2D eigenvalue weighted by molar-refractivity contribution is 0.669. The summed E-state index contributed by atoms with van der Waals surface area (Å²) in [5.74, 6) is 0. The number of para-hydroxylation sites is 4. The average Bonchev–Trinajstić information content (AvgIpc) is 3.72. The van der Waals surface area contributed by atoms with Crippen molar-refractivity contribution in [2.75, 3.05) is 4.90 Å². The van der Waals surface area contributed by atoms with Crippen LogP contribution < -0.4 is 4.90 Å². The molecule has 0 saturated heterocycles. The van der Waals surface area contributed by atoms with Gasteiger partial charge in [0.25, 0.3) is 0 Å². The van der Waals surface area contributed by atoms with Crippen LogP contribution in [0.5, 0.6) is 0 Å². The van der Waals surface area contributed by atoms with Gasteiger partial charge in [0.1, 0.15) is 5.58 Å². The molecular weight excluding hydrogens is 597 g/mol. The number of rotatable bonds is 5. The zero-order valence-corrected chi connectivity index (χ0v) is 26.6. The number of fused-ring (bicyclic) bond motifs is 7. The van der Waals surface area contributed by atoms with Crippen molar-refractivity contribution < 1.29 is 4.42 Å². The molecule has 0 aliphatic heterocycles. The molecule has 0 spiro atoms. The molecular formula is C46H30N2O. The summed E-state index contributed by atoms with van der Waals surface area (Å²) in [6.45, 7) is 0. The van der Waals surface area contributed by atoms with E-state index in [1.165, 1.54) is 32.8 Å². The summed E-state index contributed by atoms with van der Waals surface area (Å²) >= 11 is 0. The maximum absolute atomic E-state index is 6.76. The van der Waals surface area contributed by atoms with E-state index in [-0.39, 0.29) is 0 Å². The molecule has 10 aromatic rings. The zero-order valence-electron chi connectivity index (χ0n) is 26.6. The highest BCUT2D eigenvalue weighted by molar-refractivity contribution is 6.14. The van der Waals surface area contributed by atoms with Crippen molar-refractivity contribution in [3.05, 3.63) is 182 Å². The van der Waals surface area contributed by atoms with E-state index in [9.17, 15) is 0 Å². The first kappa shape index (κ1) is 27.5. The molecule has 0 saturated carbocycles. The Morgan fingerprint density at radius 1 is 0.429 bits per heavy atom. The molecule has 0 bridgehead atoms. The normalized spacial score (nSPS) is 11.7. The van der Waals surface area contributed by atoms with E-state index in [0.717, 1.165) is 55.6 Å². The lowest BCUT2D eigenvalue weighted by Crippen LogP contribution is -2.14. The third-order valence-corrected chi connectivity index (χ3v) is 9.76. The van der Waals surface area contributed by atoms with Crippen LogP contribution in [0.4, 0.5) is 17.1 Å².